The fourth-order valence-corrected chi connectivity index (χ4v) is 4.82. The van der Waals surface area contributed by atoms with Crippen LogP contribution >= 0.6 is 11.8 Å². The van der Waals surface area contributed by atoms with Crippen LogP contribution in [0, 0.1) is 0 Å². The Morgan fingerprint density at radius 3 is 2.07 bits per heavy atom. The third kappa shape index (κ3) is 5.20. The number of hydrazone groups is 1. The minimum absolute atomic E-state index is 0.0202. The molecule has 0 aliphatic carbocycles. The zero-order chi connectivity index (χ0) is 28.3. The molecule has 0 fully saturated rings. The van der Waals surface area contributed by atoms with Gasteiger partial charge in [0.1, 0.15) is 5.70 Å². The van der Waals surface area contributed by atoms with E-state index in [0.717, 1.165) is 0 Å². The summed E-state index contributed by atoms with van der Waals surface area (Å²) < 4.78 is 11.4. The Morgan fingerprint density at radius 1 is 0.805 bits per heavy atom. The van der Waals surface area contributed by atoms with Crippen molar-refractivity contribution < 1.29 is 23.9 Å². The van der Waals surface area contributed by atoms with Gasteiger partial charge < -0.3 is 9.47 Å². The molecule has 202 valence electrons. The second kappa shape index (κ2) is 11.1. The van der Waals surface area contributed by atoms with E-state index < -0.39 is 18.1 Å². The van der Waals surface area contributed by atoms with Crippen LogP contribution in [-0.4, -0.2) is 34.3 Å². The number of hydrogen-bond acceptors (Lipinski definition) is 9. The van der Waals surface area contributed by atoms with Crippen LogP contribution in [0.5, 0.6) is 11.5 Å². The number of hydrogen-bond donors (Lipinski definition) is 1. The molecule has 4 aromatic carbocycles. The Kier molecular flexibility index (Phi) is 7.05. The maximum absolute atomic E-state index is 13.2. The van der Waals surface area contributed by atoms with Gasteiger partial charge in [0.2, 0.25) is 0 Å². The molecule has 0 unspecified atom stereocenters. The van der Waals surface area contributed by atoms with Gasteiger partial charge in [0.15, 0.2) is 22.8 Å². The molecule has 0 saturated heterocycles. The molecule has 2 heterocycles. The number of nitrogens with zero attached hydrogens (tertiary/aromatic N) is 3. The third-order valence-electron chi connectivity index (χ3n) is 6.40. The zero-order valence-electron chi connectivity index (χ0n) is 21.7. The zero-order valence-corrected chi connectivity index (χ0v) is 22.5. The number of nitrogens with one attached hydrogen (secondary N) is 1. The molecular weight excluding hydrogens is 540 g/mol. The van der Waals surface area contributed by atoms with Gasteiger partial charge in [-0.3, -0.25) is 15.1 Å². The highest BCUT2D eigenvalue weighted by molar-refractivity contribution is 8.13. The molecule has 0 saturated carbocycles. The highest BCUT2D eigenvalue weighted by Crippen LogP contribution is 2.36. The first-order chi connectivity index (χ1) is 20.0. The van der Waals surface area contributed by atoms with Crippen molar-refractivity contribution in [2.24, 2.45) is 10.1 Å². The number of fused-ring (bicyclic) bond motifs is 2. The van der Waals surface area contributed by atoms with Crippen LogP contribution in [0.2, 0.25) is 0 Å². The van der Waals surface area contributed by atoms with E-state index in [1.165, 1.54) is 11.8 Å². The standard InChI is InChI=1S/C31H22N4O5S/c1-41-31-33-28(36)26-22-14-8-9-15-23(22)32-27(35(26)34-31)21-16-17-24(39-29(37)19-10-4-2-5-11-19)25(18-21)40-30(38)20-12-6-3-7-13-20/h2-18,27H,1H3,(H,33,34,36)/t27-/m0/s1. The summed E-state index contributed by atoms with van der Waals surface area (Å²) in [6, 6.07) is 29.1. The SMILES string of the molecule is CSC1=NN2C(=c3ccccc3=N[C@@H]2c2ccc(OC(=O)c3ccccc3)c(OC(=O)c3ccccc3)c2)C(=O)N1. The lowest BCUT2D eigenvalue weighted by Gasteiger charge is -2.34. The van der Waals surface area contributed by atoms with E-state index >= 15 is 0 Å². The molecule has 1 N–H and O–H groups in total. The predicted octanol–water partition coefficient (Wildman–Crippen LogP) is 3.63. The summed E-state index contributed by atoms with van der Waals surface area (Å²) in [6.07, 6.45) is 1.05. The van der Waals surface area contributed by atoms with Gasteiger partial charge in [-0.1, -0.05) is 72.4 Å². The Hall–Kier alpha value is -5.22. The van der Waals surface area contributed by atoms with Crippen LogP contribution in [-0.2, 0) is 4.79 Å². The van der Waals surface area contributed by atoms with E-state index in [9.17, 15) is 14.4 Å². The van der Waals surface area contributed by atoms with E-state index in [0.29, 0.717) is 38.1 Å². The summed E-state index contributed by atoms with van der Waals surface area (Å²) >= 11 is 1.29. The maximum atomic E-state index is 13.2. The molecule has 1 amide bonds. The highest BCUT2D eigenvalue weighted by Gasteiger charge is 2.34. The van der Waals surface area contributed by atoms with Crippen LogP contribution in [0.25, 0.3) is 5.70 Å². The summed E-state index contributed by atoms with van der Waals surface area (Å²) in [7, 11) is 0. The Morgan fingerprint density at radius 2 is 1.41 bits per heavy atom. The van der Waals surface area contributed by atoms with Gasteiger partial charge in [-0.15, -0.1) is 5.10 Å². The Balaban J connectivity index is 1.44. The van der Waals surface area contributed by atoms with E-state index in [1.807, 2.05) is 30.5 Å². The molecule has 4 aromatic rings. The van der Waals surface area contributed by atoms with Crippen molar-refractivity contribution in [3.8, 4) is 11.5 Å². The molecule has 6 rings (SSSR count). The van der Waals surface area contributed by atoms with Crippen molar-refractivity contribution in [3.63, 3.8) is 0 Å². The van der Waals surface area contributed by atoms with Gasteiger partial charge in [0, 0.05) is 10.8 Å². The minimum Gasteiger partial charge on any atom is -0.419 e. The van der Waals surface area contributed by atoms with E-state index in [2.05, 4.69) is 10.4 Å². The first-order valence-electron chi connectivity index (χ1n) is 12.6. The number of ether oxygens (including phenoxy) is 2. The van der Waals surface area contributed by atoms with Crippen molar-refractivity contribution in [1.29, 1.82) is 0 Å². The van der Waals surface area contributed by atoms with Crippen LogP contribution in [0.1, 0.15) is 32.4 Å². The van der Waals surface area contributed by atoms with Crippen LogP contribution in [0.4, 0.5) is 0 Å². The van der Waals surface area contributed by atoms with Gasteiger partial charge in [0.25, 0.3) is 5.91 Å². The fraction of sp³-hybridized carbons (Fsp3) is 0.0645. The quantitative estimate of drug-likeness (QED) is 0.292. The number of carbonyl (C=O) groups excluding carboxylic acids is 3. The maximum Gasteiger partial charge on any atom is 0.343 e. The number of para-hydroxylation sites is 1. The molecule has 9 nitrogen and oxygen atoms in total. The molecule has 2 aliphatic heterocycles. The molecule has 41 heavy (non-hydrogen) atoms. The summed E-state index contributed by atoms with van der Waals surface area (Å²) in [4.78, 5) is 44.0. The smallest absolute Gasteiger partial charge is 0.343 e. The normalized spacial score (nSPS) is 15.5. The van der Waals surface area contributed by atoms with Crippen molar-refractivity contribution in [2.45, 2.75) is 6.17 Å². The molecule has 1 atom stereocenters. The van der Waals surface area contributed by atoms with E-state index in [1.54, 1.807) is 83.9 Å². The largest absolute Gasteiger partial charge is 0.419 e. The van der Waals surface area contributed by atoms with E-state index in [4.69, 9.17) is 14.5 Å². The van der Waals surface area contributed by atoms with Gasteiger partial charge >= 0.3 is 11.9 Å². The first kappa shape index (κ1) is 26.0. The highest BCUT2D eigenvalue weighted by atomic mass is 32.2. The summed E-state index contributed by atoms with van der Waals surface area (Å²) in [5, 5.41) is 10.7. The van der Waals surface area contributed by atoms with Gasteiger partial charge in [-0.25, -0.2) is 14.6 Å². The fourth-order valence-electron chi connectivity index (χ4n) is 4.45. The number of amidine groups is 1. The topological polar surface area (TPSA) is 110 Å². The number of carbonyl (C=O) groups is 3. The van der Waals surface area contributed by atoms with Crippen molar-refractivity contribution in [3.05, 3.63) is 130 Å². The molecule has 10 heteroatoms. The lowest BCUT2D eigenvalue weighted by atomic mass is 10.1. The molecule has 0 bridgehead atoms. The summed E-state index contributed by atoms with van der Waals surface area (Å²) in [5.41, 5.74) is 1.58. The average Bonchev–Trinajstić information content (AvgIpc) is 3.02. The number of rotatable bonds is 5. The molecule has 2 aliphatic rings. The Labute approximate surface area is 238 Å². The number of esters is 2. The van der Waals surface area contributed by atoms with Crippen LogP contribution in [0.15, 0.2) is 113 Å². The molecule has 0 radical (unpaired) electrons. The van der Waals surface area contributed by atoms with Crippen LogP contribution in [0.3, 0.4) is 0 Å². The van der Waals surface area contributed by atoms with Gasteiger partial charge in [0.05, 0.1) is 16.5 Å². The Bertz CT molecular complexity index is 1830. The first-order valence-corrected chi connectivity index (χ1v) is 13.8. The third-order valence-corrected chi connectivity index (χ3v) is 6.97. The van der Waals surface area contributed by atoms with Crippen LogP contribution < -0.4 is 25.4 Å². The predicted molar refractivity (Wildman–Crippen MR) is 154 cm³/mol. The van der Waals surface area contributed by atoms with Crippen molar-refractivity contribution in [2.75, 3.05) is 6.26 Å². The molecular formula is C31H22N4O5S. The average molecular weight is 563 g/mol. The lowest BCUT2D eigenvalue weighted by Crippen LogP contribution is -2.50. The molecule has 0 aromatic heterocycles. The second-order valence-electron chi connectivity index (χ2n) is 8.99. The monoisotopic (exact) mass is 562 g/mol. The van der Waals surface area contributed by atoms with Crippen molar-refractivity contribution in [1.82, 2.24) is 10.3 Å². The number of thioether (sulfide) groups is 1. The second-order valence-corrected chi connectivity index (χ2v) is 9.79. The lowest BCUT2D eigenvalue weighted by molar-refractivity contribution is -0.116. The van der Waals surface area contributed by atoms with Gasteiger partial charge in [-0.05, 0) is 48.7 Å². The van der Waals surface area contributed by atoms with Gasteiger partial charge in [-0.2, -0.15) is 0 Å². The van der Waals surface area contributed by atoms with E-state index in [-0.39, 0.29) is 17.4 Å². The number of benzene rings is 4. The summed E-state index contributed by atoms with van der Waals surface area (Å²) in [6.45, 7) is 0. The number of amides is 1. The van der Waals surface area contributed by atoms with Crippen molar-refractivity contribution >= 4 is 40.5 Å². The summed E-state index contributed by atoms with van der Waals surface area (Å²) in [5.74, 6) is -1.47. The molecule has 0 spiro atoms. The minimum atomic E-state index is -0.763.